The molecule has 1 N–H and O–H groups in total. The van der Waals surface area contributed by atoms with Crippen molar-refractivity contribution in [3.05, 3.63) is 65.0 Å². The van der Waals surface area contributed by atoms with Gasteiger partial charge in [-0.3, -0.25) is 0 Å². The molecule has 1 unspecified atom stereocenters. The standard InChI is InChI=1S/C16H16FNS/c1-11-8-13(6-7-15(11)17)18-16-10-19-9-12-4-2-3-5-14(12)16/h2-8,16,18H,9-10H2,1H3. The van der Waals surface area contributed by atoms with E-state index in [2.05, 4.69) is 29.6 Å². The zero-order chi connectivity index (χ0) is 13.2. The molecule has 0 saturated heterocycles. The smallest absolute Gasteiger partial charge is 0.126 e. The minimum Gasteiger partial charge on any atom is -0.377 e. The van der Waals surface area contributed by atoms with Crippen LogP contribution in [-0.4, -0.2) is 5.75 Å². The number of thioether (sulfide) groups is 1. The second kappa shape index (κ2) is 5.25. The molecule has 3 rings (SSSR count). The van der Waals surface area contributed by atoms with Crippen LogP contribution in [0, 0.1) is 12.7 Å². The number of benzene rings is 2. The molecule has 0 fully saturated rings. The summed E-state index contributed by atoms with van der Waals surface area (Å²) in [5.41, 5.74) is 4.43. The molecule has 19 heavy (non-hydrogen) atoms. The van der Waals surface area contributed by atoms with Gasteiger partial charge in [0.05, 0.1) is 6.04 Å². The molecule has 1 aliphatic heterocycles. The lowest BCUT2D eigenvalue weighted by Gasteiger charge is -2.27. The summed E-state index contributed by atoms with van der Waals surface area (Å²) in [5, 5.41) is 3.52. The van der Waals surface area contributed by atoms with Gasteiger partial charge in [0.25, 0.3) is 0 Å². The lowest BCUT2D eigenvalue weighted by molar-refractivity contribution is 0.618. The maximum absolute atomic E-state index is 13.3. The highest BCUT2D eigenvalue weighted by Gasteiger charge is 2.19. The highest BCUT2D eigenvalue weighted by molar-refractivity contribution is 7.98. The normalized spacial score (nSPS) is 17.9. The van der Waals surface area contributed by atoms with Gasteiger partial charge in [-0.15, -0.1) is 0 Å². The Morgan fingerprint density at radius 2 is 2.05 bits per heavy atom. The van der Waals surface area contributed by atoms with Gasteiger partial charge in [-0.1, -0.05) is 24.3 Å². The Kier molecular flexibility index (Phi) is 3.47. The van der Waals surface area contributed by atoms with Crippen LogP contribution in [0.5, 0.6) is 0 Å². The van der Waals surface area contributed by atoms with Crippen LogP contribution in [0.1, 0.15) is 22.7 Å². The Morgan fingerprint density at radius 3 is 2.89 bits per heavy atom. The highest BCUT2D eigenvalue weighted by atomic mass is 32.2. The predicted molar refractivity (Wildman–Crippen MR) is 80.1 cm³/mol. The summed E-state index contributed by atoms with van der Waals surface area (Å²) in [4.78, 5) is 0. The SMILES string of the molecule is Cc1cc(NC2CSCc3ccccc32)ccc1F. The van der Waals surface area contributed by atoms with E-state index in [9.17, 15) is 4.39 Å². The van der Waals surface area contributed by atoms with Gasteiger partial charge < -0.3 is 5.32 Å². The fourth-order valence-electron chi connectivity index (χ4n) is 2.44. The third kappa shape index (κ3) is 2.61. The van der Waals surface area contributed by atoms with Crippen molar-refractivity contribution in [2.45, 2.75) is 18.7 Å². The van der Waals surface area contributed by atoms with E-state index in [1.165, 1.54) is 17.2 Å². The fraction of sp³-hybridized carbons (Fsp3) is 0.250. The molecule has 0 aromatic heterocycles. The van der Waals surface area contributed by atoms with Crippen LogP contribution >= 0.6 is 11.8 Å². The number of halogens is 1. The number of nitrogens with one attached hydrogen (secondary N) is 1. The predicted octanol–water partition coefficient (Wildman–Crippen LogP) is 4.53. The van der Waals surface area contributed by atoms with Gasteiger partial charge in [-0.05, 0) is 41.8 Å². The van der Waals surface area contributed by atoms with Crippen molar-refractivity contribution in [2.24, 2.45) is 0 Å². The van der Waals surface area contributed by atoms with Crippen molar-refractivity contribution in [2.75, 3.05) is 11.1 Å². The minimum atomic E-state index is -0.149. The van der Waals surface area contributed by atoms with E-state index in [1.807, 2.05) is 23.9 Å². The number of hydrogen-bond acceptors (Lipinski definition) is 2. The molecule has 3 heteroatoms. The van der Waals surface area contributed by atoms with Gasteiger partial charge in [-0.2, -0.15) is 11.8 Å². The van der Waals surface area contributed by atoms with Crippen molar-refractivity contribution in [3.8, 4) is 0 Å². The fourth-order valence-corrected chi connectivity index (χ4v) is 3.54. The summed E-state index contributed by atoms with van der Waals surface area (Å²) in [6.07, 6.45) is 0. The van der Waals surface area contributed by atoms with Crippen molar-refractivity contribution in [1.82, 2.24) is 0 Å². The van der Waals surface area contributed by atoms with Gasteiger partial charge in [-0.25, -0.2) is 4.39 Å². The van der Waals surface area contributed by atoms with Crippen LogP contribution in [-0.2, 0) is 5.75 Å². The molecule has 0 radical (unpaired) electrons. The van der Waals surface area contributed by atoms with E-state index >= 15 is 0 Å². The first-order valence-corrected chi connectivity index (χ1v) is 7.58. The molecule has 0 amide bonds. The Hall–Kier alpha value is -1.48. The molecule has 0 bridgehead atoms. The Balaban J connectivity index is 1.86. The summed E-state index contributed by atoms with van der Waals surface area (Å²) in [6, 6.07) is 14.1. The van der Waals surface area contributed by atoms with E-state index < -0.39 is 0 Å². The lowest BCUT2D eigenvalue weighted by Crippen LogP contribution is -2.18. The second-order valence-corrected chi connectivity index (χ2v) is 5.91. The molecule has 0 aliphatic carbocycles. The molecular weight excluding hydrogens is 257 g/mol. The van der Waals surface area contributed by atoms with Crippen LogP contribution in [0.15, 0.2) is 42.5 Å². The molecule has 1 heterocycles. The van der Waals surface area contributed by atoms with Crippen molar-refractivity contribution >= 4 is 17.4 Å². The summed E-state index contributed by atoms with van der Waals surface area (Å²) in [7, 11) is 0. The molecule has 1 aliphatic rings. The van der Waals surface area contributed by atoms with Gasteiger partial charge >= 0.3 is 0 Å². The largest absolute Gasteiger partial charge is 0.377 e. The first kappa shape index (κ1) is 12.5. The molecule has 98 valence electrons. The zero-order valence-corrected chi connectivity index (χ0v) is 11.6. The number of fused-ring (bicyclic) bond motifs is 1. The van der Waals surface area contributed by atoms with E-state index in [-0.39, 0.29) is 5.82 Å². The van der Waals surface area contributed by atoms with Gasteiger partial charge in [0.2, 0.25) is 0 Å². The van der Waals surface area contributed by atoms with Crippen LogP contribution < -0.4 is 5.32 Å². The Bertz CT molecular complexity index is 597. The minimum absolute atomic E-state index is 0.149. The first-order chi connectivity index (χ1) is 9.24. The Morgan fingerprint density at radius 1 is 1.21 bits per heavy atom. The zero-order valence-electron chi connectivity index (χ0n) is 10.8. The molecule has 2 aromatic rings. The third-order valence-corrected chi connectivity index (χ3v) is 4.56. The average Bonchev–Trinajstić information content (AvgIpc) is 2.43. The summed E-state index contributed by atoms with van der Waals surface area (Å²) in [5.74, 6) is 1.98. The Labute approximate surface area is 117 Å². The molecule has 0 spiro atoms. The number of aryl methyl sites for hydroxylation is 1. The van der Waals surface area contributed by atoms with E-state index in [0.29, 0.717) is 11.6 Å². The van der Waals surface area contributed by atoms with E-state index in [0.717, 1.165) is 17.2 Å². The van der Waals surface area contributed by atoms with Crippen molar-refractivity contribution in [3.63, 3.8) is 0 Å². The van der Waals surface area contributed by atoms with Gasteiger partial charge in [0.1, 0.15) is 5.82 Å². The van der Waals surface area contributed by atoms with Crippen LogP contribution in [0.25, 0.3) is 0 Å². The summed E-state index contributed by atoms with van der Waals surface area (Å²) >= 11 is 1.94. The topological polar surface area (TPSA) is 12.0 Å². The summed E-state index contributed by atoms with van der Waals surface area (Å²) in [6.45, 7) is 1.80. The molecular formula is C16H16FNS. The van der Waals surface area contributed by atoms with E-state index in [4.69, 9.17) is 0 Å². The molecule has 1 atom stereocenters. The van der Waals surface area contributed by atoms with Crippen molar-refractivity contribution in [1.29, 1.82) is 0 Å². The number of anilines is 1. The third-order valence-electron chi connectivity index (χ3n) is 3.47. The molecule has 0 saturated carbocycles. The first-order valence-electron chi connectivity index (χ1n) is 6.42. The van der Waals surface area contributed by atoms with Gasteiger partial charge in [0, 0.05) is 17.2 Å². The van der Waals surface area contributed by atoms with Gasteiger partial charge in [0.15, 0.2) is 0 Å². The van der Waals surface area contributed by atoms with E-state index in [1.54, 1.807) is 6.92 Å². The quantitative estimate of drug-likeness (QED) is 0.862. The molecule has 2 aromatic carbocycles. The van der Waals surface area contributed by atoms with Crippen LogP contribution in [0.4, 0.5) is 10.1 Å². The lowest BCUT2D eigenvalue weighted by atomic mass is 10.0. The number of rotatable bonds is 2. The molecule has 1 nitrogen and oxygen atoms in total. The second-order valence-electron chi connectivity index (χ2n) is 4.87. The maximum Gasteiger partial charge on any atom is 0.126 e. The van der Waals surface area contributed by atoms with Crippen molar-refractivity contribution < 1.29 is 4.39 Å². The number of hydrogen-bond donors (Lipinski definition) is 1. The summed E-state index contributed by atoms with van der Waals surface area (Å²) < 4.78 is 13.3. The van der Waals surface area contributed by atoms with Crippen LogP contribution in [0.2, 0.25) is 0 Å². The highest BCUT2D eigenvalue weighted by Crippen LogP contribution is 2.33. The average molecular weight is 273 g/mol. The maximum atomic E-state index is 13.3. The monoisotopic (exact) mass is 273 g/mol. The van der Waals surface area contributed by atoms with Crippen LogP contribution in [0.3, 0.4) is 0 Å².